The van der Waals surface area contributed by atoms with E-state index in [0.29, 0.717) is 12.5 Å². The van der Waals surface area contributed by atoms with Crippen LogP contribution < -0.4 is 5.32 Å². The molecule has 0 spiro atoms. The first kappa shape index (κ1) is 11.6. The Morgan fingerprint density at radius 1 is 1.44 bits per heavy atom. The molecule has 1 saturated heterocycles. The molecule has 1 aromatic rings. The second-order valence-electron chi connectivity index (χ2n) is 4.80. The lowest BCUT2D eigenvalue weighted by Crippen LogP contribution is -2.23. The first-order chi connectivity index (χ1) is 7.74. The molecule has 0 bridgehead atoms. The number of alkyl halides is 1. The minimum atomic E-state index is -0.750. The maximum Gasteiger partial charge on any atom is 0.101 e. The molecule has 1 heterocycles. The van der Waals surface area contributed by atoms with Gasteiger partial charge in [0.15, 0.2) is 0 Å². The van der Waals surface area contributed by atoms with E-state index in [0.717, 1.165) is 18.5 Å². The summed E-state index contributed by atoms with van der Waals surface area (Å²) < 4.78 is 12.9. The van der Waals surface area contributed by atoms with Crippen molar-refractivity contribution in [3.05, 3.63) is 35.4 Å². The van der Waals surface area contributed by atoms with Gasteiger partial charge in [-0.3, -0.25) is 0 Å². The Labute approximate surface area is 97.1 Å². The maximum atomic E-state index is 12.9. The molecule has 0 saturated carbocycles. The van der Waals surface area contributed by atoms with Crippen molar-refractivity contribution < 1.29 is 4.39 Å². The lowest BCUT2D eigenvalue weighted by atomic mass is 10.0. The molecule has 1 fully saturated rings. The number of hydrogen-bond donors (Lipinski definition) is 1. The molecule has 0 aliphatic carbocycles. The number of nitrogens with one attached hydrogen (secondary N) is 1. The van der Waals surface area contributed by atoms with Gasteiger partial charge in [0.2, 0.25) is 0 Å². The van der Waals surface area contributed by atoms with Crippen LogP contribution in [0.4, 0.5) is 4.39 Å². The van der Waals surface area contributed by atoms with Crippen LogP contribution in [0.3, 0.4) is 0 Å². The third kappa shape index (κ3) is 3.31. The zero-order valence-electron chi connectivity index (χ0n) is 9.88. The van der Waals surface area contributed by atoms with Gasteiger partial charge in [-0.25, -0.2) is 4.39 Å². The van der Waals surface area contributed by atoms with Gasteiger partial charge in [0, 0.05) is 12.5 Å². The molecular formula is C14H20FN. The zero-order chi connectivity index (χ0) is 11.4. The highest BCUT2D eigenvalue weighted by Gasteiger charge is 2.14. The van der Waals surface area contributed by atoms with Gasteiger partial charge in [0.05, 0.1) is 0 Å². The van der Waals surface area contributed by atoms with E-state index in [1.54, 1.807) is 6.92 Å². The van der Waals surface area contributed by atoms with Crippen LogP contribution in [0.5, 0.6) is 0 Å². The van der Waals surface area contributed by atoms with Crippen molar-refractivity contribution in [1.82, 2.24) is 5.32 Å². The van der Waals surface area contributed by atoms with Crippen molar-refractivity contribution >= 4 is 0 Å². The van der Waals surface area contributed by atoms with Crippen molar-refractivity contribution in [3.63, 3.8) is 0 Å². The van der Waals surface area contributed by atoms with E-state index in [-0.39, 0.29) is 0 Å². The number of rotatable bonds is 4. The normalized spacial score (nSPS) is 22.2. The van der Waals surface area contributed by atoms with Crippen LogP contribution >= 0.6 is 0 Å². The van der Waals surface area contributed by atoms with Gasteiger partial charge in [-0.1, -0.05) is 24.3 Å². The molecule has 0 aromatic heterocycles. The van der Waals surface area contributed by atoms with Crippen LogP contribution in [0.15, 0.2) is 24.3 Å². The Kier molecular flexibility index (Phi) is 3.94. The lowest BCUT2D eigenvalue weighted by Gasteiger charge is -2.11. The Morgan fingerprint density at radius 3 is 2.94 bits per heavy atom. The highest BCUT2D eigenvalue weighted by Crippen LogP contribution is 2.14. The van der Waals surface area contributed by atoms with E-state index in [1.165, 1.54) is 18.4 Å². The molecule has 1 aliphatic rings. The lowest BCUT2D eigenvalue weighted by molar-refractivity contribution is 0.360. The second kappa shape index (κ2) is 5.44. The molecule has 2 heteroatoms. The summed E-state index contributed by atoms with van der Waals surface area (Å²) in [4.78, 5) is 0. The zero-order valence-corrected chi connectivity index (χ0v) is 9.88. The van der Waals surface area contributed by atoms with Gasteiger partial charge in [0.25, 0.3) is 0 Å². The van der Waals surface area contributed by atoms with Crippen molar-refractivity contribution in [2.24, 2.45) is 0 Å². The smallest absolute Gasteiger partial charge is 0.101 e. The van der Waals surface area contributed by atoms with E-state index in [1.807, 2.05) is 12.1 Å². The second-order valence-corrected chi connectivity index (χ2v) is 4.80. The summed E-state index contributed by atoms with van der Waals surface area (Å²) in [6.07, 6.45) is 3.41. The molecule has 2 rings (SSSR count). The van der Waals surface area contributed by atoms with Gasteiger partial charge >= 0.3 is 0 Å². The molecule has 2 atom stereocenters. The van der Waals surface area contributed by atoms with Crippen LogP contribution in [0, 0.1) is 0 Å². The molecule has 1 nitrogen and oxygen atoms in total. The summed E-state index contributed by atoms with van der Waals surface area (Å²) in [5.74, 6) is 0. The predicted octanol–water partition coefficient (Wildman–Crippen LogP) is 2.88. The van der Waals surface area contributed by atoms with Crippen molar-refractivity contribution in [1.29, 1.82) is 0 Å². The van der Waals surface area contributed by atoms with Gasteiger partial charge in [0.1, 0.15) is 6.17 Å². The Bertz CT molecular complexity index is 329. The van der Waals surface area contributed by atoms with Crippen LogP contribution in [-0.2, 0) is 12.8 Å². The molecule has 1 N–H and O–H groups in total. The molecule has 2 unspecified atom stereocenters. The Balaban J connectivity index is 1.97. The third-order valence-corrected chi connectivity index (χ3v) is 3.15. The summed E-state index contributed by atoms with van der Waals surface area (Å²) in [6.45, 7) is 2.76. The van der Waals surface area contributed by atoms with Crippen molar-refractivity contribution in [2.45, 2.75) is 44.8 Å². The summed E-state index contributed by atoms with van der Waals surface area (Å²) in [5, 5.41) is 3.49. The Morgan fingerprint density at radius 2 is 2.25 bits per heavy atom. The topological polar surface area (TPSA) is 12.0 Å². The quantitative estimate of drug-likeness (QED) is 0.824. The fraction of sp³-hybridized carbons (Fsp3) is 0.571. The highest BCUT2D eigenvalue weighted by atomic mass is 19.1. The van der Waals surface area contributed by atoms with Gasteiger partial charge in [-0.05, 0) is 43.9 Å². The van der Waals surface area contributed by atoms with E-state index in [2.05, 4.69) is 17.4 Å². The molecular weight excluding hydrogens is 201 g/mol. The predicted molar refractivity (Wildman–Crippen MR) is 65.4 cm³/mol. The average Bonchev–Trinajstić information content (AvgIpc) is 2.70. The van der Waals surface area contributed by atoms with Crippen molar-refractivity contribution in [3.8, 4) is 0 Å². The van der Waals surface area contributed by atoms with E-state index in [9.17, 15) is 4.39 Å². The molecule has 1 aromatic carbocycles. The average molecular weight is 221 g/mol. The molecule has 88 valence electrons. The first-order valence-corrected chi connectivity index (χ1v) is 6.19. The fourth-order valence-electron chi connectivity index (χ4n) is 2.42. The SMILES string of the molecule is CC(F)Cc1cccc(CC2CCCN2)c1. The summed E-state index contributed by atoms with van der Waals surface area (Å²) in [5.41, 5.74) is 2.45. The monoisotopic (exact) mass is 221 g/mol. The minimum Gasteiger partial charge on any atom is -0.314 e. The summed E-state index contributed by atoms with van der Waals surface area (Å²) in [6, 6.07) is 8.98. The summed E-state index contributed by atoms with van der Waals surface area (Å²) in [7, 11) is 0. The number of hydrogen-bond acceptors (Lipinski definition) is 1. The maximum absolute atomic E-state index is 12.9. The van der Waals surface area contributed by atoms with Crippen LogP contribution in [-0.4, -0.2) is 18.8 Å². The van der Waals surface area contributed by atoms with Crippen molar-refractivity contribution in [2.75, 3.05) is 6.54 Å². The fourth-order valence-corrected chi connectivity index (χ4v) is 2.42. The molecule has 16 heavy (non-hydrogen) atoms. The molecule has 0 radical (unpaired) electrons. The molecule has 0 amide bonds. The minimum absolute atomic E-state index is 0.534. The van der Waals surface area contributed by atoms with Gasteiger partial charge < -0.3 is 5.32 Å². The third-order valence-electron chi connectivity index (χ3n) is 3.15. The first-order valence-electron chi connectivity index (χ1n) is 6.19. The van der Waals surface area contributed by atoms with Crippen LogP contribution in [0.25, 0.3) is 0 Å². The van der Waals surface area contributed by atoms with E-state index >= 15 is 0 Å². The highest BCUT2D eigenvalue weighted by molar-refractivity contribution is 5.25. The van der Waals surface area contributed by atoms with Crippen LogP contribution in [0.2, 0.25) is 0 Å². The molecule has 1 aliphatic heterocycles. The largest absolute Gasteiger partial charge is 0.314 e. The van der Waals surface area contributed by atoms with Crippen LogP contribution in [0.1, 0.15) is 30.9 Å². The summed E-state index contributed by atoms with van der Waals surface area (Å²) >= 11 is 0. The number of benzene rings is 1. The number of halogens is 1. The van der Waals surface area contributed by atoms with E-state index in [4.69, 9.17) is 0 Å². The van der Waals surface area contributed by atoms with Gasteiger partial charge in [-0.15, -0.1) is 0 Å². The van der Waals surface area contributed by atoms with E-state index < -0.39 is 6.17 Å². The standard InChI is InChI=1S/C14H20FN/c1-11(15)8-12-4-2-5-13(9-12)10-14-6-3-7-16-14/h2,4-5,9,11,14,16H,3,6-8,10H2,1H3. The van der Waals surface area contributed by atoms with Gasteiger partial charge in [-0.2, -0.15) is 0 Å². The Hall–Kier alpha value is -0.890.